The van der Waals surface area contributed by atoms with Gasteiger partial charge in [-0.3, -0.25) is 14.4 Å². The summed E-state index contributed by atoms with van der Waals surface area (Å²) in [5.41, 5.74) is 0. The molecule has 8 atom stereocenters. The normalized spacial score (nSPS) is 29.9. The number of fused-ring (bicyclic) bond motifs is 1. The summed E-state index contributed by atoms with van der Waals surface area (Å²) >= 11 is 0. The number of hydrogen-bond acceptors (Lipinski definition) is 5. The maximum absolute atomic E-state index is 13.9. The van der Waals surface area contributed by atoms with Crippen LogP contribution in [0.4, 0.5) is 0 Å². The van der Waals surface area contributed by atoms with Crippen LogP contribution in [0.1, 0.15) is 67.2 Å². The number of amides is 2. The fourth-order valence-electron chi connectivity index (χ4n) is 5.40. The molecule has 1 unspecified atom stereocenters. The summed E-state index contributed by atoms with van der Waals surface area (Å²) in [5.74, 6) is -2.61. The molecule has 1 saturated heterocycles. The average Bonchev–Trinajstić information content (AvgIpc) is 3.06. The van der Waals surface area contributed by atoms with Crippen LogP contribution in [0, 0.1) is 29.6 Å². The lowest BCUT2D eigenvalue weighted by Gasteiger charge is -2.36. The second kappa shape index (κ2) is 11.8. The molecule has 0 saturated carbocycles. The molecule has 0 aromatic heterocycles. The summed E-state index contributed by atoms with van der Waals surface area (Å²) in [4.78, 5) is 41.9. The summed E-state index contributed by atoms with van der Waals surface area (Å²) in [6, 6.07) is -1.24. The monoisotopic (exact) mass is 450 g/mol. The number of carbonyl (C=O) groups excluding carboxylic acids is 3. The molecule has 32 heavy (non-hydrogen) atoms. The number of carbonyl (C=O) groups is 3. The Labute approximate surface area is 192 Å². The van der Waals surface area contributed by atoms with E-state index in [1.54, 1.807) is 11.8 Å². The summed E-state index contributed by atoms with van der Waals surface area (Å²) in [7, 11) is 0. The molecular weight excluding hydrogens is 408 g/mol. The third-order valence-corrected chi connectivity index (χ3v) is 7.30. The van der Waals surface area contributed by atoms with Crippen LogP contribution in [0.15, 0.2) is 12.2 Å². The molecule has 7 heteroatoms. The van der Waals surface area contributed by atoms with E-state index in [0.717, 1.165) is 19.3 Å². The number of hydrogen-bond donors (Lipinski definition) is 2. The Morgan fingerprint density at radius 1 is 1.19 bits per heavy atom. The number of likely N-dealkylation sites (tertiary alicyclic amines) is 1. The molecule has 2 amide bonds. The van der Waals surface area contributed by atoms with Crippen LogP contribution in [0.25, 0.3) is 0 Å². The zero-order chi connectivity index (χ0) is 24.0. The van der Waals surface area contributed by atoms with E-state index in [-0.39, 0.29) is 48.9 Å². The highest BCUT2D eigenvalue weighted by atomic mass is 16.5. The van der Waals surface area contributed by atoms with Crippen molar-refractivity contribution in [3.63, 3.8) is 0 Å². The van der Waals surface area contributed by atoms with Gasteiger partial charge in [-0.1, -0.05) is 52.7 Å². The van der Waals surface area contributed by atoms with E-state index in [1.165, 1.54) is 0 Å². The highest BCUT2D eigenvalue weighted by Crippen LogP contribution is 2.46. The molecule has 2 rings (SSSR count). The molecule has 0 bridgehead atoms. The zero-order valence-corrected chi connectivity index (χ0v) is 20.5. The molecule has 0 spiro atoms. The van der Waals surface area contributed by atoms with Crippen LogP contribution >= 0.6 is 0 Å². The number of nitrogens with zero attached hydrogens (tertiary/aromatic N) is 1. The van der Waals surface area contributed by atoms with E-state index in [0.29, 0.717) is 6.42 Å². The Balaban J connectivity index is 2.53. The molecule has 1 aliphatic heterocycles. The third-order valence-electron chi connectivity index (χ3n) is 7.30. The number of esters is 1. The Morgan fingerprint density at radius 3 is 2.41 bits per heavy atom. The van der Waals surface area contributed by atoms with E-state index in [9.17, 15) is 19.5 Å². The highest BCUT2D eigenvalue weighted by molar-refractivity contribution is 5.96. The van der Waals surface area contributed by atoms with Crippen molar-refractivity contribution in [2.75, 3.05) is 13.2 Å². The Morgan fingerprint density at radius 2 is 1.88 bits per heavy atom. The number of aliphatic hydroxyl groups excluding tert-OH is 1. The molecule has 1 heterocycles. The van der Waals surface area contributed by atoms with Gasteiger partial charge < -0.3 is 20.1 Å². The molecule has 182 valence electrons. The maximum Gasteiger partial charge on any atom is 0.310 e. The van der Waals surface area contributed by atoms with Gasteiger partial charge in [-0.05, 0) is 38.5 Å². The number of aliphatic hydroxyl groups is 1. The first-order valence-electron chi connectivity index (χ1n) is 12.3. The number of nitrogens with one attached hydrogen (secondary N) is 1. The van der Waals surface area contributed by atoms with Gasteiger partial charge >= 0.3 is 5.97 Å². The molecule has 0 aromatic rings. The zero-order valence-electron chi connectivity index (χ0n) is 20.5. The minimum atomic E-state index is -0.746. The van der Waals surface area contributed by atoms with Gasteiger partial charge in [0, 0.05) is 12.0 Å². The van der Waals surface area contributed by atoms with Crippen molar-refractivity contribution >= 4 is 17.8 Å². The smallest absolute Gasteiger partial charge is 0.310 e. The predicted octanol–water partition coefficient (Wildman–Crippen LogP) is 2.92. The minimum absolute atomic E-state index is 0.0134. The van der Waals surface area contributed by atoms with Crippen molar-refractivity contribution in [3.8, 4) is 0 Å². The fraction of sp³-hybridized carbons (Fsp3) is 0.800. The van der Waals surface area contributed by atoms with Gasteiger partial charge in [-0.25, -0.2) is 0 Å². The molecule has 2 aliphatic rings. The first kappa shape index (κ1) is 26.4. The van der Waals surface area contributed by atoms with Crippen LogP contribution in [0.2, 0.25) is 0 Å². The Kier molecular flexibility index (Phi) is 9.74. The summed E-state index contributed by atoms with van der Waals surface area (Å²) < 4.78 is 5.36. The van der Waals surface area contributed by atoms with Gasteiger partial charge in [0.25, 0.3) is 0 Å². The van der Waals surface area contributed by atoms with Crippen molar-refractivity contribution in [2.45, 2.75) is 85.4 Å². The molecule has 0 radical (unpaired) electrons. The van der Waals surface area contributed by atoms with Gasteiger partial charge in [0.2, 0.25) is 11.8 Å². The van der Waals surface area contributed by atoms with Crippen LogP contribution in [-0.4, -0.2) is 59.1 Å². The SMILES string of the molecule is CCCC(C)NC(=O)[C@@H]1[C@H]2C=C[C@@H](CC)[C@@H](C(=O)OCC)[C@H]2C(=O)N1[C@@H](CO)[C@@H](C)CC. The van der Waals surface area contributed by atoms with E-state index < -0.39 is 29.8 Å². The van der Waals surface area contributed by atoms with Crippen LogP contribution in [0.5, 0.6) is 0 Å². The van der Waals surface area contributed by atoms with E-state index in [4.69, 9.17) is 4.74 Å². The van der Waals surface area contributed by atoms with Gasteiger partial charge in [-0.15, -0.1) is 0 Å². The molecule has 1 aliphatic carbocycles. The second-order valence-corrected chi connectivity index (χ2v) is 9.36. The largest absolute Gasteiger partial charge is 0.466 e. The second-order valence-electron chi connectivity index (χ2n) is 9.36. The van der Waals surface area contributed by atoms with E-state index >= 15 is 0 Å². The lowest BCUT2D eigenvalue weighted by molar-refractivity contribution is -0.156. The Bertz CT molecular complexity index is 694. The van der Waals surface area contributed by atoms with Crippen molar-refractivity contribution in [1.29, 1.82) is 0 Å². The summed E-state index contributed by atoms with van der Waals surface area (Å²) in [5, 5.41) is 13.3. The predicted molar refractivity (Wildman–Crippen MR) is 123 cm³/mol. The summed E-state index contributed by atoms with van der Waals surface area (Å²) in [6.45, 7) is 11.8. The van der Waals surface area contributed by atoms with E-state index in [1.807, 2.05) is 39.8 Å². The van der Waals surface area contributed by atoms with Crippen LogP contribution < -0.4 is 5.32 Å². The number of ether oxygens (including phenoxy) is 1. The molecule has 1 fully saturated rings. The summed E-state index contributed by atoms with van der Waals surface area (Å²) in [6.07, 6.45) is 7.18. The quantitative estimate of drug-likeness (QED) is 0.373. The standard InChI is InChI=1S/C25H42N2O5/c1-7-11-16(6)26-23(29)22-18-13-12-17(9-3)20(25(31)32-10-4)21(18)24(30)27(22)19(14-28)15(5)8-2/h12-13,15-22,28H,7-11,14H2,1-6H3,(H,26,29)/t15-,16?,17+,18-,19-,20+,21-,22-/m0/s1. The highest BCUT2D eigenvalue weighted by Gasteiger charge is 2.59. The van der Waals surface area contributed by atoms with Crippen molar-refractivity contribution in [1.82, 2.24) is 10.2 Å². The topological polar surface area (TPSA) is 95.9 Å². The van der Waals surface area contributed by atoms with Gasteiger partial charge in [0.1, 0.15) is 6.04 Å². The number of rotatable bonds is 11. The van der Waals surface area contributed by atoms with Crippen molar-refractivity contribution in [3.05, 3.63) is 12.2 Å². The third kappa shape index (κ3) is 5.19. The molecule has 2 N–H and O–H groups in total. The molecule has 0 aromatic carbocycles. The first-order chi connectivity index (χ1) is 15.3. The van der Waals surface area contributed by atoms with Gasteiger partial charge in [0.05, 0.1) is 31.1 Å². The van der Waals surface area contributed by atoms with Crippen molar-refractivity contribution < 1.29 is 24.2 Å². The average molecular weight is 451 g/mol. The van der Waals surface area contributed by atoms with E-state index in [2.05, 4.69) is 12.2 Å². The van der Waals surface area contributed by atoms with Gasteiger partial charge in [0.15, 0.2) is 0 Å². The van der Waals surface area contributed by atoms with Gasteiger partial charge in [-0.2, -0.15) is 0 Å². The van der Waals surface area contributed by atoms with Crippen molar-refractivity contribution in [2.24, 2.45) is 29.6 Å². The lowest BCUT2D eigenvalue weighted by atomic mass is 9.69. The Hall–Kier alpha value is -1.89. The minimum Gasteiger partial charge on any atom is -0.466 e. The fourth-order valence-corrected chi connectivity index (χ4v) is 5.40. The first-order valence-corrected chi connectivity index (χ1v) is 12.3. The van der Waals surface area contributed by atoms with Crippen LogP contribution in [-0.2, 0) is 19.1 Å². The van der Waals surface area contributed by atoms with Crippen LogP contribution in [0.3, 0.4) is 0 Å². The maximum atomic E-state index is 13.9. The molecule has 7 nitrogen and oxygen atoms in total. The molecular formula is C25H42N2O5. The number of allylic oxidation sites excluding steroid dienone is 1. The lowest BCUT2D eigenvalue weighted by Crippen LogP contribution is -2.55.